The van der Waals surface area contributed by atoms with Gasteiger partial charge in [0.05, 0.1) is 33.7 Å². The number of carbonyl (C=O) groups is 1. The van der Waals surface area contributed by atoms with Gasteiger partial charge in [0, 0.05) is 17.2 Å². The van der Waals surface area contributed by atoms with Crippen LogP contribution in [0, 0.1) is 14.9 Å². The largest absolute Gasteiger partial charge is 0.504 e. The van der Waals surface area contributed by atoms with Crippen molar-refractivity contribution in [1.82, 2.24) is 0 Å². The predicted octanol–water partition coefficient (Wildman–Crippen LogP) is 2.67. The molecule has 2 aromatic rings. The van der Waals surface area contributed by atoms with Gasteiger partial charge >= 0.3 is 0 Å². The first-order valence-electron chi connectivity index (χ1n) is 6.99. The molecule has 0 aliphatic carbocycles. The van der Waals surface area contributed by atoms with Gasteiger partial charge < -0.3 is 15.2 Å². The molecule has 1 heterocycles. The zero-order chi connectivity index (χ0) is 17.3. The monoisotopic (exact) mass is 433 g/mol. The number of methoxy groups -OCH3 is 1. The molecule has 120 valence electrons. The summed E-state index contributed by atoms with van der Waals surface area (Å²) in [5.41, 5.74) is 2.86. The molecule has 0 bridgehead atoms. The van der Waals surface area contributed by atoms with Crippen molar-refractivity contribution in [2.45, 2.75) is 0 Å². The highest BCUT2D eigenvalue weighted by Gasteiger charge is 2.25. The molecule has 3 rings (SSSR count). The fourth-order valence-electron chi connectivity index (χ4n) is 2.49. The molecule has 2 N–H and O–H groups in total. The maximum absolute atomic E-state index is 12.0. The Labute approximate surface area is 151 Å². The van der Waals surface area contributed by atoms with Crippen LogP contribution in [0.4, 0.5) is 5.69 Å². The smallest absolute Gasteiger partial charge is 0.246 e. The molecule has 0 radical (unpaired) electrons. The van der Waals surface area contributed by atoms with Crippen LogP contribution in [0.15, 0.2) is 35.3 Å². The van der Waals surface area contributed by atoms with E-state index in [1.165, 1.54) is 7.11 Å². The van der Waals surface area contributed by atoms with Gasteiger partial charge in [-0.1, -0.05) is 12.1 Å². The molecule has 0 unspecified atom stereocenters. The minimum absolute atomic E-state index is 0.0165. The molecular weight excluding hydrogens is 421 g/mol. The first-order chi connectivity index (χ1) is 11.5. The van der Waals surface area contributed by atoms with Crippen molar-refractivity contribution >= 4 is 39.9 Å². The molecule has 0 fully saturated rings. The third-order valence-electron chi connectivity index (χ3n) is 3.58. The van der Waals surface area contributed by atoms with E-state index in [0.29, 0.717) is 31.7 Å². The highest BCUT2D eigenvalue weighted by Crippen LogP contribution is 2.40. The summed E-state index contributed by atoms with van der Waals surface area (Å²) in [4.78, 5) is 16.4. The zero-order valence-electron chi connectivity index (χ0n) is 12.6. The number of nitrogens with one attached hydrogen (secondary N) is 1. The molecular formula is C17H12IN3O3. The number of benzodiazepines with no additional fused rings is 1. The number of fused-ring (bicyclic) bond motifs is 1. The molecule has 2 aromatic carbocycles. The van der Waals surface area contributed by atoms with Crippen LogP contribution in [0.1, 0.15) is 16.7 Å². The van der Waals surface area contributed by atoms with Gasteiger partial charge in [-0.15, -0.1) is 0 Å². The number of halogens is 1. The summed E-state index contributed by atoms with van der Waals surface area (Å²) in [5.74, 6) is -0.00570. The average molecular weight is 433 g/mol. The van der Waals surface area contributed by atoms with Crippen LogP contribution in [0.5, 0.6) is 11.5 Å². The van der Waals surface area contributed by atoms with Gasteiger partial charge in [0.15, 0.2) is 11.5 Å². The number of carbonyl (C=O) groups excluding carboxylic acids is 1. The number of rotatable bonds is 2. The van der Waals surface area contributed by atoms with Crippen molar-refractivity contribution in [1.29, 1.82) is 5.26 Å². The second-order valence-corrected chi connectivity index (χ2v) is 6.15. The SMILES string of the molecule is COc1cc2c(c(I)c1O)C(c1cccc(C#N)c1)=NCC(=O)N2. The van der Waals surface area contributed by atoms with Gasteiger partial charge in [-0.3, -0.25) is 9.79 Å². The first-order valence-corrected chi connectivity index (χ1v) is 8.07. The van der Waals surface area contributed by atoms with Crippen molar-refractivity contribution < 1.29 is 14.6 Å². The molecule has 0 spiro atoms. The fourth-order valence-corrected chi connectivity index (χ4v) is 3.31. The van der Waals surface area contributed by atoms with Crippen LogP contribution in [-0.4, -0.2) is 30.4 Å². The molecule has 1 amide bonds. The van der Waals surface area contributed by atoms with E-state index in [1.807, 2.05) is 28.7 Å². The van der Waals surface area contributed by atoms with E-state index in [-0.39, 0.29) is 24.0 Å². The summed E-state index contributed by atoms with van der Waals surface area (Å²) < 4.78 is 5.68. The number of anilines is 1. The summed E-state index contributed by atoms with van der Waals surface area (Å²) in [7, 11) is 1.45. The fraction of sp³-hybridized carbons (Fsp3) is 0.118. The molecule has 7 heteroatoms. The maximum Gasteiger partial charge on any atom is 0.246 e. The minimum atomic E-state index is -0.258. The number of aromatic hydroxyl groups is 1. The number of ether oxygens (including phenoxy) is 1. The third-order valence-corrected chi connectivity index (χ3v) is 4.63. The lowest BCUT2D eigenvalue weighted by molar-refractivity contribution is -0.114. The van der Waals surface area contributed by atoms with Crippen LogP contribution in [0.25, 0.3) is 0 Å². The van der Waals surface area contributed by atoms with E-state index in [4.69, 9.17) is 10.00 Å². The minimum Gasteiger partial charge on any atom is -0.504 e. The summed E-state index contributed by atoms with van der Waals surface area (Å²) in [6.45, 7) is -0.0417. The van der Waals surface area contributed by atoms with Crippen molar-refractivity contribution in [2.24, 2.45) is 4.99 Å². The van der Waals surface area contributed by atoms with E-state index >= 15 is 0 Å². The van der Waals surface area contributed by atoms with Crippen LogP contribution in [0.2, 0.25) is 0 Å². The summed E-state index contributed by atoms with van der Waals surface area (Å²) in [5, 5.41) is 22.2. The Kier molecular flexibility index (Phi) is 4.40. The van der Waals surface area contributed by atoms with Crippen LogP contribution in [-0.2, 0) is 4.79 Å². The standard InChI is InChI=1S/C17H12IN3O3/c1-24-12-6-11-14(15(18)17(12)23)16(20-8-13(22)21-11)10-4-2-3-9(5-10)7-19/h2-6,23H,8H2,1H3,(H,21,22). The number of benzene rings is 2. The van der Waals surface area contributed by atoms with Gasteiger partial charge in [-0.2, -0.15) is 5.26 Å². The second kappa shape index (κ2) is 6.49. The Morgan fingerprint density at radius 3 is 2.92 bits per heavy atom. The highest BCUT2D eigenvalue weighted by atomic mass is 127. The molecule has 6 nitrogen and oxygen atoms in total. The number of nitriles is 1. The lowest BCUT2D eigenvalue weighted by atomic mass is 9.98. The molecule has 0 saturated heterocycles. The third kappa shape index (κ3) is 2.80. The molecule has 1 aliphatic heterocycles. The topological polar surface area (TPSA) is 94.7 Å². The van der Waals surface area contributed by atoms with Gasteiger partial charge in [0.25, 0.3) is 0 Å². The number of hydrogen-bond donors (Lipinski definition) is 2. The highest BCUT2D eigenvalue weighted by molar-refractivity contribution is 14.1. The van der Waals surface area contributed by atoms with Gasteiger partial charge in [-0.05, 0) is 34.7 Å². The molecule has 0 atom stereocenters. The second-order valence-electron chi connectivity index (χ2n) is 5.07. The number of phenols is 1. The van der Waals surface area contributed by atoms with Crippen LogP contribution >= 0.6 is 22.6 Å². The quantitative estimate of drug-likeness (QED) is 0.563. The van der Waals surface area contributed by atoms with Crippen molar-refractivity contribution in [3.8, 4) is 17.6 Å². The lowest BCUT2D eigenvalue weighted by Gasteiger charge is -2.16. The van der Waals surface area contributed by atoms with E-state index in [2.05, 4.69) is 16.4 Å². The van der Waals surface area contributed by atoms with E-state index in [1.54, 1.807) is 24.3 Å². The summed E-state index contributed by atoms with van der Waals surface area (Å²) >= 11 is 1.99. The molecule has 1 aliphatic rings. The number of phenolic OH excluding ortho intramolecular Hbond substituents is 1. The Balaban J connectivity index is 2.28. The average Bonchev–Trinajstić information content (AvgIpc) is 2.76. The van der Waals surface area contributed by atoms with Crippen molar-refractivity contribution in [3.63, 3.8) is 0 Å². The number of aliphatic imine (C=N–C) groups is 1. The lowest BCUT2D eigenvalue weighted by Crippen LogP contribution is -2.14. The van der Waals surface area contributed by atoms with E-state index < -0.39 is 0 Å². The van der Waals surface area contributed by atoms with Crippen LogP contribution < -0.4 is 10.1 Å². The maximum atomic E-state index is 12.0. The normalized spacial score (nSPS) is 13.2. The molecule has 0 saturated carbocycles. The number of hydrogen-bond acceptors (Lipinski definition) is 5. The van der Waals surface area contributed by atoms with E-state index in [0.717, 1.165) is 0 Å². The number of amides is 1. The van der Waals surface area contributed by atoms with E-state index in [9.17, 15) is 9.90 Å². The zero-order valence-corrected chi connectivity index (χ0v) is 14.8. The Morgan fingerprint density at radius 1 is 1.42 bits per heavy atom. The van der Waals surface area contributed by atoms with Crippen molar-refractivity contribution in [3.05, 3.63) is 50.6 Å². The first kappa shape index (κ1) is 16.3. The Morgan fingerprint density at radius 2 is 2.21 bits per heavy atom. The predicted molar refractivity (Wildman–Crippen MR) is 97.7 cm³/mol. The summed E-state index contributed by atoms with van der Waals surface area (Å²) in [6, 6.07) is 10.6. The summed E-state index contributed by atoms with van der Waals surface area (Å²) in [6.07, 6.45) is 0. The molecule has 0 aromatic heterocycles. The van der Waals surface area contributed by atoms with Gasteiger partial charge in [0.1, 0.15) is 6.54 Å². The van der Waals surface area contributed by atoms with Crippen LogP contribution in [0.3, 0.4) is 0 Å². The molecule has 24 heavy (non-hydrogen) atoms. The van der Waals surface area contributed by atoms with Crippen molar-refractivity contribution in [2.75, 3.05) is 19.0 Å². The van der Waals surface area contributed by atoms with Gasteiger partial charge in [0.2, 0.25) is 5.91 Å². The number of nitrogens with zero attached hydrogens (tertiary/aromatic N) is 2. The van der Waals surface area contributed by atoms with Gasteiger partial charge in [-0.25, -0.2) is 0 Å². The Bertz CT molecular complexity index is 916. The Hall–Kier alpha value is -2.60.